The number of piperidine rings is 1. The van der Waals surface area contributed by atoms with Crippen molar-refractivity contribution in [3.8, 4) is 0 Å². The molecular weight excluding hydrogens is 364 g/mol. The smallest absolute Gasteiger partial charge is 0.267 e. The Morgan fingerprint density at radius 3 is 2.64 bits per heavy atom. The van der Waals surface area contributed by atoms with Crippen molar-refractivity contribution in [1.82, 2.24) is 19.5 Å². The molecule has 1 amide bonds. The van der Waals surface area contributed by atoms with E-state index >= 15 is 0 Å². The van der Waals surface area contributed by atoms with E-state index in [1.807, 2.05) is 0 Å². The highest BCUT2D eigenvalue weighted by atomic mass is 35.5. The average molecular weight is 391 g/mol. The Balaban J connectivity index is 0.00000225. The SMILES string of the molecule is Cl.Cn1cc(S(=O)(=O)N2CCCCC2)cc1C(=O)NCC1CCCN1. The van der Waals surface area contributed by atoms with Crippen molar-refractivity contribution >= 4 is 28.3 Å². The molecule has 2 aliphatic heterocycles. The molecule has 0 bridgehead atoms. The van der Waals surface area contributed by atoms with E-state index in [1.165, 1.54) is 16.6 Å². The Hall–Kier alpha value is -1.09. The first-order chi connectivity index (χ1) is 11.5. The number of nitrogens with one attached hydrogen (secondary N) is 2. The molecule has 25 heavy (non-hydrogen) atoms. The summed E-state index contributed by atoms with van der Waals surface area (Å²) in [5.74, 6) is -0.230. The summed E-state index contributed by atoms with van der Waals surface area (Å²) in [4.78, 5) is 12.6. The second kappa shape index (κ2) is 8.53. The molecule has 1 atom stereocenters. The molecule has 2 saturated heterocycles. The molecule has 2 aliphatic rings. The normalized spacial score (nSPS) is 21.7. The van der Waals surface area contributed by atoms with Gasteiger partial charge in [-0.05, 0) is 38.3 Å². The highest BCUT2D eigenvalue weighted by Crippen LogP contribution is 2.22. The van der Waals surface area contributed by atoms with Gasteiger partial charge in [0.1, 0.15) is 10.6 Å². The van der Waals surface area contributed by atoms with Gasteiger partial charge in [0.25, 0.3) is 5.91 Å². The lowest BCUT2D eigenvalue weighted by Crippen LogP contribution is -2.37. The zero-order valence-corrected chi connectivity index (χ0v) is 16.2. The Bertz CT molecular complexity index is 692. The molecule has 9 heteroatoms. The van der Waals surface area contributed by atoms with Crippen molar-refractivity contribution in [2.45, 2.75) is 43.0 Å². The van der Waals surface area contributed by atoms with Crippen LogP contribution in [0.25, 0.3) is 0 Å². The van der Waals surface area contributed by atoms with Crippen molar-refractivity contribution in [1.29, 1.82) is 0 Å². The highest BCUT2D eigenvalue weighted by Gasteiger charge is 2.28. The summed E-state index contributed by atoms with van der Waals surface area (Å²) in [7, 11) is -1.80. The first kappa shape index (κ1) is 20.2. The fourth-order valence-electron chi connectivity index (χ4n) is 3.39. The highest BCUT2D eigenvalue weighted by molar-refractivity contribution is 7.89. The number of amides is 1. The molecule has 2 fully saturated rings. The van der Waals surface area contributed by atoms with Crippen LogP contribution in [0.3, 0.4) is 0 Å². The number of hydrogen-bond acceptors (Lipinski definition) is 4. The van der Waals surface area contributed by atoms with Crippen LogP contribution < -0.4 is 10.6 Å². The van der Waals surface area contributed by atoms with Crippen LogP contribution >= 0.6 is 12.4 Å². The predicted octanol–water partition coefficient (Wildman–Crippen LogP) is 1.10. The monoisotopic (exact) mass is 390 g/mol. The lowest BCUT2D eigenvalue weighted by atomic mass is 10.2. The van der Waals surface area contributed by atoms with E-state index in [9.17, 15) is 13.2 Å². The van der Waals surface area contributed by atoms with Gasteiger partial charge in [0.15, 0.2) is 0 Å². The van der Waals surface area contributed by atoms with Crippen LogP contribution in [-0.2, 0) is 17.1 Å². The van der Waals surface area contributed by atoms with Crippen LogP contribution in [0.5, 0.6) is 0 Å². The molecule has 0 aromatic carbocycles. The summed E-state index contributed by atoms with van der Waals surface area (Å²) >= 11 is 0. The summed E-state index contributed by atoms with van der Waals surface area (Å²) in [6.45, 7) is 2.68. The number of nitrogens with zero attached hydrogens (tertiary/aromatic N) is 2. The number of sulfonamides is 1. The molecular formula is C16H27ClN4O3S. The summed E-state index contributed by atoms with van der Waals surface area (Å²) in [6.07, 6.45) is 6.59. The first-order valence-electron chi connectivity index (χ1n) is 8.66. The molecule has 1 unspecified atom stereocenters. The van der Waals surface area contributed by atoms with Gasteiger partial charge < -0.3 is 15.2 Å². The number of hydrogen-bond donors (Lipinski definition) is 2. The minimum atomic E-state index is -3.51. The molecule has 7 nitrogen and oxygen atoms in total. The maximum Gasteiger partial charge on any atom is 0.267 e. The van der Waals surface area contributed by atoms with Crippen LogP contribution in [0.2, 0.25) is 0 Å². The summed E-state index contributed by atoms with van der Waals surface area (Å²) < 4.78 is 28.5. The summed E-state index contributed by atoms with van der Waals surface area (Å²) in [5.41, 5.74) is 0.378. The molecule has 3 rings (SSSR count). The molecule has 1 aromatic rings. The molecule has 1 aromatic heterocycles. The number of rotatable bonds is 5. The molecule has 0 saturated carbocycles. The second-order valence-corrected chi connectivity index (χ2v) is 8.58. The second-order valence-electron chi connectivity index (χ2n) is 6.64. The molecule has 3 heterocycles. The lowest BCUT2D eigenvalue weighted by molar-refractivity contribution is 0.0942. The van der Waals surface area contributed by atoms with E-state index < -0.39 is 10.0 Å². The van der Waals surface area contributed by atoms with Crippen LogP contribution in [-0.4, -0.2) is 55.4 Å². The maximum atomic E-state index is 12.7. The lowest BCUT2D eigenvalue weighted by Gasteiger charge is -2.25. The Kier molecular flexibility index (Phi) is 6.90. The fourth-order valence-corrected chi connectivity index (χ4v) is 4.98. The minimum absolute atomic E-state index is 0. The standard InChI is InChI=1S/C16H26N4O3S.ClH/c1-19-12-14(24(22,23)20-8-3-2-4-9-20)10-15(19)16(21)18-11-13-6-5-7-17-13;/h10,12-13,17H,2-9,11H2,1H3,(H,18,21);1H. The van der Waals surface area contributed by atoms with E-state index in [-0.39, 0.29) is 23.2 Å². The summed E-state index contributed by atoms with van der Waals surface area (Å²) in [5, 5.41) is 6.22. The van der Waals surface area contributed by atoms with Crippen LogP contribution in [0.1, 0.15) is 42.6 Å². The van der Waals surface area contributed by atoms with Crippen molar-refractivity contribution < 1.29 is 13.2 Å². The van der Waals surface area contributed by atoms with E-state index in [4.69, 9.17) is 0 Å². The number of aryl methyl sites for hydroxylation is 1. The minimum Gasteiger partial charge on any atom is -0.349 e. The predicted molar refractivity (Wildman–Crippen MR) is 98.6 cm³/mol. The maximum absolute atomic E-state index is 12.7. The number of carbonyl (C=O) groups is 1. The molecule has 0 radical (unpaired) electrons. The van der Waals surface area contributed by atoms with Crippen LogP contribution in [0, 0.1) is 0 Å². The average Bonchev–Trinajstić information content (AvgIpc) is 3.23. The first-order valence-corrected chi connectivity index (χ1v) is 10.1. The largest absolute Gasteiger partial charge is 0.349 e. The van der Waals surface area contributed by atoms with Gasteiger partial charge in [0.2, 0.25) is 10.0 Å². The van der Waals surface area contributed by atoms with Crippen LogP contribution in [0.4, 0.5) is 0 Å². The molecule has 2 N–H and O–H groups in total. The zero-order valence-electron chi connectivity index (χ0n) is 14.5. The molecule has 0 aliphatic carbocycles. The van der Waals surface area contributed by atoms with E-state index in [0.717, 1.165) is 38.6 Å². The van der Waals surface area contributed by atoms with Gasteiger partial charge in [-0.2, -0.15) is 4.31 Å². The zero-order chi connectivity index (χ0) is 17.2. The number of halogens is 1. The van der Waals surface area contributed by atoms with Gasteiger partial charge >= 0.3 is 0 Å². The Labute approximate surface area is 155 Å². The van der Waals surface area contributed by atoms with Crippen molar-refractivity contribution in [3.05, 3.63) is 18.0 Å². The van der Waals surface area contributed by atoms with Gasteiger partial charge in [-0.15, -0.1) is 12.4 Å². The molecule has 0 spiro atoms. The number of aromatic nitrogens is 1. The third-order valence-corrected chi connectivity index (χ3v) is 6.70. The van der Waals surface area contributed by atoms with E-state index in [2.05, 4.69) is 10.6 Å². The third kappa shape index (κ3) is 4.55. The van der Waals surface area contributed by atoms with Crippen LogP contribution in [0.15, 0.2) is 17.2 Å². The van der Waals surface area contributed by atoms with Gasteiger partial charge in [0.05, 0.1) is 0 Å². The Morgan fingerprint density at radius 1 is 1.28 bits per heavy atom. The van der Waals surface area contributed by atoms with Crippen molar-refractivity contribution in [2.24, 2.45) is 7.05 Å². The van der Waals surface area contributed by atoms with Crippen molar-refractivity contribution in [3.63, 3.8) is 0 Å². The fraction of sp³-hybridized carbons (Fsp3) is 0.688. The third-order valence-electron chi connectivity index (χ3n) is 4.84. The topological polar surface area (TPSA) is 83.4 Å². The Morgan fingerprint density at radius 2 is 2.00 bits per heavy atom. The van der Waals surface area contributed by atoms with Gasteiger partial charge in [-0.1, -0.05) is 6.42 Å². The van der Waals surface area contributed by atoms with Gasteiger partial charge in [-0.3, -0.25) is 4.79 Å². The van der Waals surface area contributed by atoms with Gasteiger partial charge in [-0.25, -0.2) is 8.42 Å². The van der Waals surface area contributed by atoms with Gasteiger partial charge in [0, 0.05) is 38.9 Å². The van der Waals surface area contributed by atoms with Crippen molar-refractivity contribution in [2.75, 3.05) is 26.2 Å². The van der Waals surface area contributed by atoms with E-state index in [0.29, 0.717) is 31.4 Å². The molecule has 142 valence electrons. The summed E-state index contributed by atoms with van der Waals surface area (Å²) in [6, 6.07) is 1.80. The quantitative estimate of drug-likeness (QED) is 0.788. The van der Waals surface area contributed by atoms with E-state index in [1.54, 1.807) is 11.6 Å². The number of carbonyl (C=O) groups excluding carboxylic acids is 1.